The molecule has 0 aliphatic heterocycles. The topological polar surface area (TPSA) is 29.1 Å². The average molecular weight is 350 g/mol. The summed E-state index contributed by atoms with van der Waals surface area (Å²) in [5.74, 6) is 3.63. The number of carbonyl (C=O) groups is 1. The third-order valence-electron chi connectivity index (χ3n) is 5.89. The number of rotatable bonds is 5. The van der Waals surface area contributed by atoms with Crippen LogP contribution < -0.4 is 5.32 Å². The fourth-order valence-electron chi connectivity index (χ4n) is 5.28. The molecule has 1 aromatic rings. The summed E-state index contributed by atoms with van der Waals surface area (Å²) in [5.41, 5.74) is 1.10. The van der Waals surface area contributed by atoms with Gasteiger partial charge in [0.1, 0.15) is 0 Å². The van der Waals surface area contributed by atoms with Gasteiger partial charge in [0.2, 0.25) is 5.91 Å². The molecule has 4 saturated carbocycles. The van der Waals surface area contributed by atoms with Crippen molar-refractivity contribution in [3.63, 3.8) is 0 Å². The second kappa shape index (κ2) is 6.33. The zero-order valence-electron chi connectivity index (χ0n) is 13.4. The van der Waals surface area contributed by atoms with Crippen molar-refractivity contribution in [2.45, 2.75) is 49.8 Å². The van der Waals surface area contributed by atoms with Crippen molar-refractivity contribution < 1.29 is 4.79 Å². The molecule has 4 aliphatic rings. The molecule has 5 rings (SSSR count). The molecule has 0 radical (unpaired) electrons. The number of carbonyl (C=O) groups excluding carboxylic acids is 1. The molecular formula is C19H24ClNOS. The molecule has 1 amide bonds. The van der Waals surface area contributed by atoms with Gasteiger partial charge in [-0.1, -0.05) is 23.7 Å². The number of nitrogens with one attached hydrogen (secondary N) is 1. The summed E-state index contributed by atoms with van der Waals surface area (Å²) < 4.78 is 0.423. The van der Waals surface area contributed by atoms with Crippen molar-refractivity contribution in [2.75, 3.05) is 5.75 Å². The van der Waals surface area contributed by atoms with Crippen molar-refractivity contribution in [3.8, 4) is 0 Å². The van der Waals surface area contributed by atoms with Gasteiger partial charge in [0, 0.05) is 16.3 Å². The van der Waals surface area contributed by atoms with Crippen molar-refractivity contribution in [1.82, 2.24) is 5.32 Å². The van der Waals surface area contributed by atoms with Crippen LogP contribution in [0.3, 0.4) is 0 Å². The van der Waals surface area contributed by atoms with E-state index in [1.165, 1.54) is 38.5 Å². The Morgan fingerprint density at radius 1 is 1.09 bits per heavy atom. The van der Waals surface area contributed by atoms with Crippen LogP contribution in [0.4, 0.5) is 0 Å². The molecule has 0 atom stereocenters. The Kier molecular flexibility index (Phi) is 4.36. The summed E-state index contributed by atoms with van der Waals surface area (Å²) >= 11 is 7.83. The van der Waals surface area contributed by atoms with Gasteiger partial charge >= 0.3 is 0 Å². The van der Waals surface area contributed by atoms with Crippen molar-refractivity contribution >= 4 is 29.3 Å². The predicted molar refractivity (Wildman–Crippen MR) is 96.7 cm³/mol. The van der Waals surface area contributed by atoms with Crippen LogP contribution in [0, 0.1) is 17.8 Å². The van der Waals surface area contributed by atoms with Crippen LogP contribution in [0.25, 0.3) is 0 Å². The van der Waals surface area contributed by atoms with E-state index < -0.39 is 0 Å². The molecular weight excluding hydrogens is 326 g/mol. The number of hydrogen-bond donors (Lipinski definition) is 1. The fraction of sp³-hybridized carbons (Fsp3) is 0.632. The molecule has 23 heavy (non-hydrogen) atoms. The Bertz CT molecular complexity index is 550. The number of benzene rings is 1. The van der Waals surface area contributed by atoms with Crippen LogP contribution >= 0.6 is 23.4 Å². The van der Waals surface area contributed by atoms with E-state index >= 15 is 0 Å². The third kappa shape index (κ3) is 3.56. The van der Waals surface area contributed by atoms with Gasteiger partial charge in [-0.15, -0.1) is 11.8 Å². The molecule has 1 N–H and O–H groups in total. The van der Waals surface area contributed by atoms with Crippen molar-refractivity contribution in [2.24, 2.45) is 17.8 Å². The molecule has 0 spiro atoms. The number of thioether (sulfide) groups is 1. The minimum Gasteiger partial charge on any atom is -0.351 e. The molecule has 124 valence electrons. The van der Waals surface area contributed by atoms with E-state index in [1.54, 1.807) is 0 Å². The van der Waals surface area contributed by atoms with Gasteiger partial charge in [-0.2, -0.15) is 0 Å². The van der Waals surface area contributed by atoms with Gasteiger partial charge in [-0.25, -0.2) is 0 Å². The first-order valence-electron chi connectivity index (χ1n) is 8.75. The number of halogens is 1. The second-order valence-corrected chi connectivity index (χ2v) is 9.67. The maximum absolute atomic E-state index is 12.2. The Morgan fingerprint density at radius 3 is 2.22 bits per heavy atom. The van der Waals surface area contributed by atoms with Crippen LogP contribution in [0.15, 0.2) is 24.3 Å². The monoisotopic (exact) mass is 349 g/mol. The lowest BCUT2D eigenvalue weighted by Crippen LogP contribution is -2.49. The van der Waals surface area contributed by atoms with Gasteiger partial charge in [0.15, 0.2) is 0 Å². The van der Waals surface area contributed by atoms with E-state index in [4.69, 9.17) is 11.6 Å². The minimum absolute atomic E-state index is 0.167. The highest BCUT2D eigenvalue weighted by Gasteiger charge is 2.51. The summed E-state index contributed by atoms with van der Waals surface area (Å²) in [6, 6.07) is 7.67. The lowest BCUT2D eigenvalue weighted by Gasteiger charge is -2.56. The normalized spacial score (nSPS) is 34.6. The average Bonchev–Trinajstić information content (AvgIpc) is 2.51. The highest BCUT2D eigenvalue weighted by atomic mass is 35.5. The summed E-state index contributed by atoms with van der Waals surface area (Å²) in [6.45, 7) is 0.595. The fourth-order valence-corrected chi connectivity index (χ4v) is 7.01. The number of amides is 1. The zero-order valence-corrected chi connectivity index (χ0v) is 15.0. The van der Waals surface area contributed by atoms with E-state index in [9.17, 15) is 4.79 Å². The van der Waals surface area contributed by atoms with Gasteiger partial charge < -0.3 is 5.32 Å². The summed E-state index contributed by atoms with van der Waals surface area (Å²) in [6.07, 6.45) is 8.45. The second-order valence-electron chi connectivity index (χ2n) is 7.79. The number of hydrogen-bond acceptors (Lipinski definition) is 2. The standard InChI is InChI=1S/C19H24ClNOS/c20-17-3-1-13(2-4-17)11-21-18(22)12-23-19-8-14-5-15(9-19)7-16(6-14)10-19/h1-4,14-16H,5-12H2,(H,21,22). The predicted octanol–water partition coefficient (Wildman–Crippen LogP) is 4.66. The first-order valence-corrected chi connectivity index (χ1v) is 10.1. The first kappa shape index (κ1) is 15.8. The van der Waals surface area contributed by atoms with Gasteiger partial charge in [-0.05, 0) is 74.0 Å². The summed E-state index contributed by atoms with van der Waals surface area (Å²) in [7, 11) is 0. The lowest BCUT2D eigenvalue weighted by molar-refractivity contribution is -0.118. The third-order valence-corrected chi connectivity index (χ3v) is 7.67. The molecule has 4 bridgehead atoms. The molecule has 0 aromatic heterocycles. The molecule has 4 heteroatoms. The maximum Gasteiger partial charge on any atom is 0.230 e. The quantitative estimate of drug-likeness (QED) is 0.837. The molecule has 0 unspecified atom stereocenters. The zero-order chi connectivity index (χ0) is 15.9. The van der Waals surface area contributed by atoms with Crippen LogP contribution in [0.1, 0.15) is 44.1 Å². The highest BCUT2D eigenvalue weighted by molar-refractivity contribution is 8.01. The molecule has 4 aliphatic carbocycles. The van der Waals surface area contributed by atoms with E-state index in [1.807, 2.05) is 36.0 Å². The SMILES string of the molecule is O=C(CSC12CC3CC(CC(C3)C1)C2)NCc1ccc(Cl)cc1. The largest absolute Gasteiger partial charge is 0.351 e. The Hall–Kier alpha value is -0.670. The van der Waals surface area contributed by atoms with Crippen LogP contribution in [0.5, 0.6) is 0 Å². The molecule has 0 heterocycles. The Labute approximate surface area is 147 Å². The van der Waals surface area contributed by atoms with Crippen molar-refractivity contribution in [1.29, 1.82) is 0 Å². The van der Waals surface area contributed by atoms with Crippen LogP contribution in [-0.4, -0.2) is 16.4 Å². The van der Waals surface area contributed by atoms with E-state index in [2.05, 4.69) is 5.32 Å². The Balaban J connectivity index is 1.27. The van der Waals surface area contributed by atoms with E-state index in [0.717, 1.165) is 28.3 Å². The smallest absolute Gasteiger partial charge is 0.230 e. The summed E-state index contributed by atoms with van der Waals surface area (Å²) in [4.78, 5) is 12.2. The molecule has 4 fully saturated rings. The highest BCUT2D eigenvalue weighted by Crippen LogP contribution is 2.60. The van der Waals surface area contributed by atoms with Crippen molar-refractivity contribution in [3.05, 3.63) is 34.9 Å². The van der Waals surface area contributed by atoms with Crippen LogP contribution in [-0.2, 0) is 11.3 Å². The molecule has 2 nitrogen and oxygen atoms in total. The molecule has 0 saturated heterocycles. The lowest BCUT2D eigenvalue weighted by atomic mass is 9.56. The van der Waals surface area contributed by atoms with Gasteiger partial charge in [-0.3, -0.25) is 4.79 Å². The van der Waals surface area contributed by atoms with E-state index in [-0.39, 0.29) is 5.91 Å². The maximum atomic E-state index is 12.2. The van der Waals surface area contributed by atoms with Gasteiger partial charge in [0.05, 0.1) is 5.75 Å². The summed E-state index contributed by atoms with van der Waals surface area (Å²) in [5, 5.41) is 3.78. The minimum atomic E-state index is 0.167. The molecule has 1 aromatic carbocycles. The van der Waals surface area contributed by atoms with Gasteiger partial charge in [0.25, 0.3) is 0 Å². The Morgan fingerprint density at radius 2 is 1.65 bits per heavy atom. The van der Waals surface area contributed by atoms with E-state index in [0.29, 0.717) is 17.0 Å². The first-order chi connectivity index (χ1) is 11.1. The van der Waals surface area contributed by atoms with Crippen LogP contribution in [0.2, 0.25) is 5.02 Å².